The van der Waals surface area contributed by atoms with E-state index in [2.05, 4.69) is 42.2 Å². The molecular formula is C26H22Br2N2O3S. The molecule has 34 heavy (non-hydrogen) atoms. The normalized spacial score (nSPS) is 15.6. The van der Waals surface area contributed by atoms with E-state index < -0.39 is 0 Å². The van der Waals surface area contributed by atoms with Crippen molar-refractivity contribution in [1.29, 1.82) is 0 Å². The summed E-state index contributed by atoms with van der Waals surface area (Å²) in [5.74, 6) is 1.00. The predicted molar refractivity (Wildman–Crippen MR) is 146 cm³/mol. The molecule has 1 heterocycles. The average Bonchev–Trinajstić information content (AvgIpc) is 3.15. The van der Waals surface area contributed by atoms with Gasteiger partial charge in [-0.1, -0.05) is 46.3 Å². The highest BCUT2D eigenvalue weighted by Gasteiger charge is 2.24. The highest BCUT2D eigenvalue weighted by atomic mass is 79.9. The van der Waals surface area contributed by atoms with E-state index in [1.54, 1.807) is 7.11 Å². The van der Waals surface area contributed by atoms with Crippen LogP contribution in [0.1, 0.15) is 22.3 Å². The molecule has 1 fully saturated rings. The molecule has 4 rings (SSSR count). The van der Waals surface area contributed by atoms with Gasteiger partial charge in [0.05, 0.1) is 22.2 Å². The Kier molecular flexibility index (Phi) is 7.80. The van der Waals surface area contributed by atoms with E-state index in [-0.39, 0.29) is 5.91 Å². The van der Waals surface area contributed by atoms with Crippen LogP contribution in [0.15, 0.2) is 73.4 Å². The van der Waals surface area contributed by atoms with Crippen molar-refractivity contribution >= 4 is 66.5 Å². The van der Waals surface area contributed by atoms with Gasteiger partial charge in [0.2, 0.25) is 0 Å². The van der Waals surface area contributed by atoms with Gasteiger partial charge in [-0.15, -0.1) is 0 Å². The average molecular weight is 602 g/mol. The third kappa shape index (κ3) is 5.74. The zero-order valence-electron chi connectivity index (χ0n) is 18.8. The number of halogens is 2. The topological polar surface area (TPSA) is 59.9 Å². The van der Waals surface area contributed by atoms with E-state index in [1.165, 1.54) is 11.8 Å². The first-order valence-corrected chi connectivity index (χ1v) is 12.8. The fourth-order valence-electron chi connectivity index (χ4n) is 3.43. The van der Waals surface area contributed by atoms with Crippen LogP contribution in [0.2, 0.25) is 0 Å². The number of amidine groups is 1. The van der Waals surface area contributed by atoms with Crippen molar-refractivity contribution in [2.45, 2.75) is 20.5 Å². The summed E-state index contributed by atoms with van der Waals surface area (Å²) < 4.78 is 13.4. The lowest BCUT2D eigenvalue weighted by atomic mass is 10.1. The van der Waals surface area contributed by atoms with E-state index in [9.17, 15) is 4.79 Å². The number of methoxy groups -OCH3 is 1. The van der Waals surface area contributed by atoms with Gasteiger partial charge in [-0.25, -0.2) is 4.99 Å². The first-order valence-electron chi connectivity index (χ1n) is 10.4. The van der Waals surface area contributed by atoms with Crippen molar-refractivity contribution in [3.63, 3.8) is 0 Å². The van der Waals surface area contributed by atoms with Crippen LogP contribution in [0.3, 0.4) is 0 Å². The Bertz CT molecular complexity index is 1280. The summed E-state index contributed by atoms with van der Waals surface area (Å²) in [4.78, 5) is 17.7. The predicted octanol–water partition coefficient (Wildman–Crippen LogP) is 7.31. The molecule has 1 N–H and O–H groups in total. The monoisotopic (exact) mass is 600 g/mol. The maximum atomic E-state index is 12.6. The maximum Gasteiger partial charge on any atom is 0.264 e. The summed E-state index contributed by atoms with van der Waals surface area (Å²) in [5.41, 5.74) is 4.85. The first-order chi connectivity index (χ1) is 16.3. The van der Waals surface area contributed by atoms with Crippen molar-refractivity contribution in [3.05, 3.63) is 90.7 Å². The van der Waals surface area contributed by atoms with Gasteiger partial charge in [-0.2, -0.15) is 0 Å². The molecule has 3 aromatic carbocycles. The minimum Gasteiger partial charge on any atom is -0.493 e. The molecule has 3 aromatic rings. The van der Waals surface area contributed by atoms with E-state index in [1.807, 2.05) is 74.5 Å². The van der Waals surface area contributed by atoms with Crippen molar-refractivity contribution in [2.75, 3.05) is 7.11 Å². The number of ether oxygens (including phenoxy) is 2. The molecule has 0 aliphatic carbocycles. The van der Waals surface area contributed by atoms with Gasteiger partial charge in [0, 0.05) is 4.47 Å². The third-order valence-corrected chi connectivity index (χ3v) is 7.83. The largest absolute Gasteiger partial charge is 0.493 e. The number of carbonyl (C=O) groups excluding carboxylic acids is 1. The van der Waals surface area contributed by atoms with Crippen molar-refractivity contribution in [3.8, 4) is 11.5 Å². The molecule has 8 heteroatoms. The number of aryl methyl sites for hydroxylation is 2. The summed E-state index contributed by atoms with van der Waals surface area (Å²) >= 11 is 8.46. The fourth-order valence-corrected chi connectivity index (χ4v) is 5.07. The molecular weight excluding hydrogens is 580 g/mol. The van der Waals surface area contributed by atoms with Gasteiger partial charge in [0.25, 0.3) is 5.91 Å². The summed E-state index contributed by atoms with van der Waals surface area (Å²) in [5, 5.41) is 3.39. The van der Waals surface area contributed by atoms with Crippen LogP contribution in [0, 0.1) is 13.8 Å². The Labute approximate surface area is 219 Å². The van der Waals surface area contributed by atoms with Crippen molar-refractivity contribution < 1.29 is 14.3 Å². The number of benzene rings is 3. The Morgan fingerprint density at radius 1 is 1.06 bits per heavy atom. The zero-order chi connectivity index (χ0) is 24.2. The molecule has 0 spiro atoms. The Morgan fingerprint density at radius 3 is 2.44 bits per heavy atom. The molecule has 1 saturated heterocycles. The highest BCUT2D eigenvalue weighted by molar-refractivity contribution is 9.10. The molecule has 0 atom stereocenters. The molecule has 1 aliphatic heterocycles. The molecule has 0 bridgehead atoms. The molecule has 174 valence electrons. The van der Waals surface area contributed by atoms with Gasteiger partial charge in [0.15, 0.2) is 16.7 Å². The van der Waals surface area contributed by atoms with Gasteiger partial charge in [-0.05, 0) is 94.1 Å². The van der Waals surface area contributed by atoms with E-state index in [0.717, 1.165) is 36.9 Å². The minimum absolute atomic E-state index is 0.186. The number of nitrogens with one attached hydrogen (secondary N) is 1. The summed E-state index contributed by atoms with van der Waals surface area (Å²) in [7, 11) is 1.60. The lowest BCUT2D eigenvalue weighted by Crippen LogP contribution is -2.19. The molecule has 5 nitrogen and oxygen atoms in total. The van der Waals surface area contributed by atoms with Gasteiger partial charge in [-0.3, -0.25) is 4.79 Å². The standard InChI is InChI=1S/C26H22Br2N2O3S/c1-15-9-19(10-16(2)23(15)28)29-26-30-25(31)22(34-26)13-18-11-20(27)24(21(12-18)32-3)33-14-17-7-5-4-6-8-17/h4-13H,14H2,1-3H3,(H,29,30,31)/b22-13-. The molecule has 0 unspecified atom stereocenters. The van der Waals surface area contributed by atoms with Crippen LogP contribution < -0.4 is 14.8 Å². The van der Waals surface area contributed by atoms with E-state index in [4.69, 9.17) is 9.47 Å². The summed E-state index contributed by atoms with van der Waals surface area (Å²) in [6.07, 6.45) is 1.81. The zero-order valence-corrected chi connectivity index (χ0v) is 22.8. The minimum atomic E-state index is -0.186. The Morgan fingerprint density at radius 2 is 1.76 bits per heavy atom. The Balaban J connectivity index is 1.55. The van der Waals surface area contributed by atoms with Crippen LogP contribution in [0.5, 0.6) is 11.5 Å². The third-order valence-electron chi connectivity index (χ3n) is 5.08. The van der Waals surface area contributed by atoms with Gasteiger partial charge >= 0.3 is 0 Å². The molecule has 1 aliphatic rings. The lowest BCUT2D eigenvalue weighted by Gasteiger charge is -2.13. The number of nitrogens with zero attached hydrogens (tertiary/aromatic N) is 1. The Hall–Kier alpha value is -2.55. The van der Waals surface area contributed by atoms with Crippen LogP contribution >= 0.6 is 43.6 Å². The molecule has 1 amide bonds. The summed E-state index contributed by atoms with van der Waals surface area (Å²) in [6, 6.07) is 17.6. The number of rotatable bonds is 6. The van der Waals surface area contributed by atoms with Gasteiger partial charge in [0.1, 0.15) is 6.61 Å². The van der Waals surface area contributed by atoms with Crippen LogP contribution in [-0.4, -0.2) is 18.2 Å². The maximum absolute atomic E-state index is 12.6. The number of amides is 1. The van der Waals surface area contributed by atoms with Gasteiger partial charge < -0.3 is 14.8 Å². The second-order valence-electron chi connectivity index (χ2n) is 7.68. The molecule has 0 radical (unpaired) electrons. The SMILES string of the molecule is COc1cc(/C=C2\SC(=Nc3cc(C)c(Br)c(C)c3)NC2=O)cc(Br)c1OCc1ccccc1. The highest BCUT2D eigenvalue weighted by Crippen LogP contribution is 2.39. The number of aliphatic imine (C=N–C) groups is 1. The fraction of sp³-hybridized carbons (Fsp3) is 0.154. The van der Waals surface area contributed by atoms with Crippen molar-refractivity contribution in [2.24, 2.45) is 4.99 Å². The summed E-state index contributed by atoms with van der Waals surface area (Å²) in [6.45, 7) is 4.46. The van der Waals surface area contributed by atoms with E-state index in [0.29, 0.717) is 28.2 Å². The van der Waals surface area contributed by atoms with E-state index >= 15 is 0 Å². The second-order valence-corrected chi connectivity index (χ2v) is 10.4. The molecule has 0 saturated carbocycles. The van der Waals surface area contributed by atoms with Crippen molar-refractivity contribution in [1.82, 2.24) is 5.32 Å². The van der Waals surface area contributed by atoms with Crippen LogP contribution in [0.4, 0.5) is 5.69 Å². The number of hydrogen-bond acceptors (Lipinski definition) is 5. The molecule has 0 aromatic heterocycles. The smallest absolute Gasteiger partial charge is 0.264 e. The number of hydrogen-bond donors (Lipinski definition) is 1. The quantitative estimate of drug-likeness (QED) is 0.301. The number of thioether (sulfide) groups is 1. The van der Waals surface area contributed by atoms with Crippen LogP contribution in [-0.2, 0) is 11.4 Å². The number of carbonyl (C=O) groups is 1. The first kappa shape index (κ1) is 24.6. The lowest BCUT2D eigenvalue weighted by molar-refractivity contribution is -0.115. The second kappa shape index (κ2) is 10.8. The van der Waals surface area contributed by atoms with Crippen LogP contribution in [0.25, 0.3) is 6.08 Å².